The molecule has 0 spiro atoms. The fourth-order valence-corrected chi connectivity index (χ4v) is 1.69. The molecule has 0 aliphatic rings. The minimum atomic E-state index is -0.895. The third-order valence-electron chi connectivity index (χ3n) is 2.30. The minimum absolute atomic E-state index is 0.0187. The third-order valence-corrected chi connectivity index (χ3v) is 2.61. The normalized spacial score (nSPS) is 12.4. The molecule has 1 aromatic carbocycles. The van der Waals surface area contributed by atoms with E-state index < -0.39 is 17.8 Å². The van der Waals surface area contributed by atoms with E-state index in [1.165, 1.54) is 6.07 Å². The number of aliphatic hydroxyl groups is 1. The Morgan fingerprint density at radius 2 is 2.20 bits per heavy atom. The highest BCUT2D eigenvalue weighted by Gasteiger charge is 2.17. The molecule has 6 heteroatoms. The molecule has 5 nitrogen and oxygen atoms in total. The van der Waals surface area contributed by atoms with Crippen LogP contribution >= 0.6 is 11.6 Å². The summed E-state index contributed by atoms with van der Waals surface area (Å²) in [7, 11) is 0. The highest BCUT2D eigenvalue weighted by molar-refractivity contribution is 6.33. The quantitative estimate of drug-likeness (QED) is 0.892. The molecule has 20 heavy (non-hydrogen) atoms. The monoisotopic (exact) mass is 296 g/mol. The predicted molar refractivity (Wildman–Crippen MR) is 76.5 cm³/mol. The van der Waals surface area contributed by atoms with Crippen LogP contribution in [0.3, 0.4) is 0 Å². The molecular weight excluding hydrogens is 280 g/mol. The molecule has 0 aromatic heterocycles. The summed E-state index contributed by atoms with van der Waals surface area (Å²) in [5, 5.41) is 21.0. The molecule has 1 unspecified atom stereocenters. The average molecular weight is 297 g/mol. The fraction of sp³-hybridized carbons (Fsp3) is 0.429. The van der Waals surface area contributed by atoms with Gasteiger partial charge in [0, 0.05) is 0 Å². The number of benzene rings is 1. The van der Waals surface area contributed by atoms with Crippen molar-refractivity contribution in [2.45, 2.75) is 38.9 Å². The van der Waals surface area contributed by atoms with Crippen molar-refractivity contribution in [1.82, 2.24) is 0 Å². The van der Waals surface area contributed by atoms with Crippen LogP contribution in [0.4, 0.5) is 10.5 Å². The third kappa shape index (κ3) is 5.08. The first-order valence-electron chi connectivity index (χ1n) is 6.07. The topological polar surface area (TPSA) is 82.3 Å². The van der Waals surface area contributed by atoms with E-state index in [0.717, 1.165) is 0 Å². The van der Waals surface area contributed by atoms with E-state index in [9.17, 15) is 9.90 Å². The van der Waals surface area contributed by atoms with Crippen LogP contribution in [0.25, 0.3) is 0 Å². The Bertz CT molecular complexity index is 532. The molecule has 1 aromatic rings. The van der Waals surface area contributed by atoms with Gasteiger partial charge in [-0.25, -0.2) is 4.79 Å². The zero-order valence-corrected chi connectivity index (χ0v) is 12.4. The number of aliphatic hydroxyl groups excluding tert-OH is 1. The minimum Gasteiger partial charge on any atom is -0.444 e. The maximum absolute atomic E-state index is 11.6. The van der Waals surface area contributed by atoms with E-state index in [0.29, 0.717) is 11.3 Å². The molecule has 0 saturated carbocycles. The van der Waals surface area contributed by atoms with Gasteiger partial charge in [-0.05, 0) is 38.5 Å². The standard InChI is InChI=1S/C14H17ClN2O3/c1-14(2,3)20-13(19)17-11-5-4-9(8-10(11)15)12(18)6-7-16/h4-5,8,12,18H,6H2,1-3H3,(H,17,19). The van der Waals surface area contributed by atoms with Crippen LogP contribution in [0, 0.1) is 11.3 Å². The number of hydrogen-bond acceptors (Lipinski definition) is 4. The van der Waals surface area contributed by atoms with Gasteiger partial charge in [-0.3, -0.25) is 5.32 Å². The first kappa shape index (κ1) is 16.3. The lowest BCUT2D eigenvalue weighted by Gasteiger charge is -2.20. The summed E-state index contributed by atoms with van der Waals surface area (Å²) in [6.45, 7) is 5.28. The molecule has 0 saturated heterocycles. The van der Waals surface area contributed by atoms with Crippen molar-refractivity contribution >= 4 is 23.4 Å². The summed E-state index contributed by atoms with van der Waals surface area (Å²) in [6, 6.07) is 6.54. The molecular formula is C14H17ClN2O3. The Morgan fingerprint density at radius 1 is 1.55 bits per heavy atom. The number of hydrogen-bond donors (Lipinski definition) is 2. The second kappa shape index (κ2) is 6.60. The van der Waals surface area contributed by atoms with Crippen molar-refractivity contribution in [2.24, 2.45) is 0 Å². The van der Waals surface area contributed by atoms with Gasteiger partial charge in [-0.1, -0.05) is 17.7 Å². The number of nitrogens with one attached hydrogen (secondary N) is 1. The van der Waals surface area contributed by atoms with Gasteiger partial charge in [0.15, 0.2) is 0 Å². The summed E-state index contributed by atoms with van der Waals surface area (Å²) >= 11 is 6.02. The van der Waals surface area contributed by atoms with Crippen LogP contribution in [0.15, 0.2) is 18.2 Å². The Labute approximate surface area is 123 Å². The maximum Gasteiger partial charge on any atom is 0.412 e. The summed E-state index contributed by atoms with van der Waals surface area (Å²) in [5.74, 6) is 0. The number of ether oxygens (including phenoxy) is 1. The first-order valence-corrected chi connectivity index (χ1v) is 6.45. The molecule has 1 atom stereocenters. The molecule has 0 bridgehead atoms. The Balaban J connectivity index is 2.79. The number of amides is 1. The van der Waals surface area contributed by atoms with Crippen molar-refractivity contribution in [3.05, 3.63) is 28.8 Å². The Hall–Kier alpha value is -1.77. The lowest BCUT2D eigenvalue weighted by atomic mass is 10.1. The van der Waals surface area contributed by atoms with Crippen molar-refractivity contribution in [3.63, 3.8) is 0 Å². The summed E-state index contributed by atoms with van der Waals surface area (Å²) in [6.07, 6.45) is -1.52. The van der Waals surface area contributed by atoms with Crippen LogP contribution in [0.5, 0.6) is 0 Å². The molecule has 0 heterocycles. The number of halogens is 1. The maximum atomic E-state index is 11.6. The van der Waals surface area contributed by atoms with E-state index in [4.69, 9.17) is 21.6 Å². The van der Waals surface area contributed by atoms with Gasteiger partial charge in [0.1, 0.15) is 5.60 Å². The van der Waals surface area contributed by atoms with Gasteiger partial charge in [0.05, 0.1) is 29.3 Å². The van der Waals surface area contributed by atoms with Gasteiger partial charge >= 0.3 is 6.09 Å². The second-order valence-corrected chi connectivity index (χ2v) is 5.65. The van der Waals surface area contributed by atoms with Crippen LogP contribution in [-0.4, -0.2) is 16.8 Å². The highest BCUT2D eigenvalue weighted by Crippen LogP contribution is 2.27. The smallest absolute Gasteiger partial charge is 0.412 e. The molecule has 0 aliphatic heterocycles. The molecule has 2 N–H and O–H groups in total. The lowest BCUT2D eigenvalue weighted by Crippen LogP contribution is -2.27. The van der Waals surface area contributed by atoms with E-state index in [1.54, 1.807) is 32.9 Å². The van der Waals surface area contributed by atoms with Crippen LogP contribution in [0.2, 0.25) is 5.02 Å². The zero-order valence-electron chi connectivity index (χ0n) is 11.6. The predicted octanol–water partition coefficient (Wildman–Crippen LogP) is 3.63. The van der Waals surface area contributed by atoms with Crippen molar-refractivity contribution in [3.8, 4) is 6.07 Å². The van der Waals surface area contributed by atoms with Gasteiger partial charge in [0.25, 0.3) is 0 Å². The van der Waals surface area contributed by atoms with E-state index in [-0.39, 0.29) is 11.4 Å². The van der Waals surface area contributed by atoms with Gasteiger partial charge in [-0.15, -0.1) is 0 Å². The molecule has 1 rings (SSSR count). The molecule has 0 radical (unpaired) electrons. The zero-order chi connectivity index (χ0) is 15.3. The summed E-state index contributed by atoms with van der Waals surface area (Å²) < 4.78 is 5.11. The SMILES string of the molecule is CC(C)(C)OC(=O)Nc1ccc(C(O)CC#N)cc1Cl. The van der Waals surface area contributed by atoms with Gasteiger partial charge in [-0.2, -0.15) is 5.26 Å². The largest absolute Gasteiger partial charge is 0.444 e. The molecule has 1 amide bonds. The molecule has 0 aliphatic carbocycles. The van der Waals surface area contributed by atoms with Crippen molar-refractivity contribution < 1.29 is 14.6 Å². The number of carbonyl (C=O) groups excluding carboxylic acids is 1. The summed E-state index contributed by atoms with van der Waals surface area (Å²) in [5.41, 5.74) is 0.305. The fourth-order valence-electron chi connectivity index (χ4n) is 1.46. The average Bonchev–Trinajstić information content (AvgIpc) is 2.29. The van der Waals surface area contributed by atoms with Crippen LogP contribution < -0.4 is 5.32 Å². The van der Waals surface area contributed by atoms with Crippen LogP contribution in [-0.2, 0) is 4.74 Å². The molecule has 0 fully saturated rings. The van der Waals surface area contributed by atoms with Crippen molar-refractivity contribution in [2.75, 3.05) is 5.32 Å². The van der Waals surface area contributed by atoms with Crippen LogP contribution in [0.1, 0.15) is 38.9 Å². The van der Waals surface area contributed by atoms with Crippen molar-refractivity contribution in [1.29, 1.82) is 5.26 Å². The van der Waals surface area contributed by atoms with Gasteiger partial charge in [0.2, 0.25) is 0 Å². The summed E-state index contributed by atoms with van der Waals surface area (Å²) in [4.78, 5) is 11.6. The lowest BCUT2D eigenvalue weighted by molar-refractivity contribution is 0.0636. The first-order chi connectivity index (χ1) is 9.23. The van der Waals surface area contributed by atoms with Gasteiger partial charge < -0.3 is 9.84 Å². The highest BCUT2D eigenvalue weighted by atomic mass is 35.5. The van der Waals surface area contributed by atoms with E-state index in [1.807, 2.05) is 6.07 Å². The number of anilines is 1. The second-order valence-electron chi connectivity index (χ2n) is 5.24. The molecule has 108 valence electrons. The Kier molecular flexibility index (Phi) is 5.37. The number of nitrogens with zero attached hydrogens (tertiary/aromatic N) is 1. The Morgan fingerprint density at radius 3 is 2.70 bits per heavy atom. The van der Waals surface area contributed by atoms with E-state index >= 15 is 0 Å². The number of rotatable bonds is 3. The van der Waals surface area contributed by atoms with E-state index in [2.05, 4.69) is 5.32 Å². The number of nitriles is 1. The number of carbonyl (C=O) groups is 1.